The summed E-state index contributed by atoms with van der Waals surface area (Å²) < 4.78 is 0. The summed E-state index contributed by atoms with van der Waals surface area (Å²) in [6, 6.07) is 14.6. The van der Waals surface area contributed by atoms with Crippen LogP contribution in [0.5, 0.6) is 0 Å². The fourth-order valence-electron chi connectivity index (χ4n) is 1.92. The summed E-state index contributed by atoms with van der Waals surface area (Å²) in [6.07, 6.45) is 1.64. The van der Waals surface area contributed by atoms with Crippen LogP contribution in [0.15, 0.2) is 42.6 Å². The molecule has 2 rings (SSSR count). The number of aryl methyl sites for hydroxylation is 1. The number of nitriles is 1. The van der Waals surface area contributed by atoms with Crippen LogP contribution in [0.3, 0.4) is 0 Å². The fraction of sp³-hybridized carbons (Fsp3) is 0.250. The van der Waals surface area contributed by atoms with Crippen molar-refractivity contribution in [3.8, 4) is 6.07 Å². The van der Waals surface area contributed by atoms with Crippen LogP contribution >= 0.6 is 0 Å². The molecule has 3 nitrogen and oxygen atoms in total. The highest BCUT2D eigenvalue weighted by atomic mass is 14.9. The first-order valence-electron chi connectivity index (χ1n) is 6.34. The summed E-state index contributed by atoms with van der Waals surface area (Å²) in [7, 11) is 0. The lowest BCUT2D eigenvalue weighted by atomic mass is 10.1. The molecule has 2 aromatic rings. The van der Waals surface area contributed by atoms with Crippen molar-refractivity contribution < 1.29 is 0 Å². The Balaban J connectivity index is 2.02. The van der Waals surface area contributed by atoms with Crippen LogP contribution in [0.2, 0.25) is 0 Å². The van der Waals surface area contributed by atoms with Crippen LogP contribution < -0.4 is 5.32 Å². The van der Waals surface area contributed by atoms with Gasteiger partial charge in [0.05, 0.1) is 0 Å². The molecule has 0 amide bonds. The van der Waals surface area contributed by atoms with Crippen molar-refractivity contribution in [2.45, 2.75) is 26.4 Å². The molecule has 96 valence electrons. The van der Waals surface area contributed by atoms with Crippen LogP contribution in [0.1, 0.15) is 35.3 Å². The minimum Gasteiger partial charge on any atom is -0.306 e. The summed E-state index contributed by atoms with van der Waals surface area (Å²) in [5.74, 6) is 0. The van der Waals surface area contributed by atoms with Crippen molar-refractivity contribution in [3.63, 3.8) is 0 Å². The van der Waals surface area contributed by atoms with E-state index in [1.807, 2.05) is 12.1 Å². The minimum absolute atomic E-state index is 0.243. The number of rotatable bonds is 4. The van der Waals surface area contributed by atoms with E-state index in [2.05, 4.69) is 54.5 Å². The summed E-state index contributed by atoms with van der Waals surface area (Å²) in [6.45, 7) is 4.84. The van der Waals surface area contributed by atoms with Gasteiger partial charge in [0.15, 0.2) is 0 Å². The van der Waals surface area contributed by atoms with Crippen molar-refractivity contribution in [3.05, 3.63) is 65.0 Å². The van der Waals surface area contributed by atoms with Gasteiger partial charge in [0, 0.05) is 24.3 Å². The average molecular weight is 251 g/mol. The Morgan fingerprint density at radius 1 is 1.26 bits per heavy atom. The van der Waals surface area contributed by atoms with Gasteiger partial charge < -0.3 is 5.32 Å². The second-order valence-corrected chi connectivity index (χ2v) is 4.64. The van der Waals surface area contributed by atoms with E-state index in [-0.39, 0.29) is 6.04 Å². The molecule has 1 heterocycles. The number of nitrogens with zero attached hydrogens (tertiary/aromatic N) is 2. The largest absolute Gasteiger partial charge is 0.306 e. The van der Waals surface area contributed by atoms with Gasteiger partial charge in [-0.1, -0.05) is 35.9 Å². The number of hydrogen-bond donors (Lipinski definition) is 1. The Morgan fingerprint density at radius 3 is 2.68 bits per heavy atom. The Hall–Kier alpha value is -2.18. The fourth-order valence-corrected chi connectivity index (χ4v) is 1.92. The molecule has 0 saturated heterocycles. The normalized spacial score (nSPS) is 11.8. The molecular formula is C16H17N3. The first-order chi connectivity index (χ1) is 9.20. The second kappa shape index (κ2) is 6.12. The highest BCUT2D eigenvalue weighted by molar-refractivity contribution is 5.30. The average Bonchev–Trinajstić information content (AvgIpc) is 2.45. The third-order valence-electron chi connectivity index (χ3n) is 3.17. The van der Waals surface area contributed by atoms with Crippen molar-refractivity contribution in [1.29, 1.82) is 5.26 Å². The van der Waals surface area contributed by atoms with Gasteiger partial charge in [-0.2, -0.15) is 5.26 Å². The predicted molar refractivity (Wildman–Crippen MR) is 75.4 cm³/mol. The second-order valence-electron chi connectivity index (χ2n) is 4.64. The van der Waals surface area contributed by atoms with Crippen LogP contribution in [-0.2, 0) is 6.54 Å². The Morgan fingerprint density at radius 2 is 2.00 bits per heavy atom. The molecule has 1 atom stereocenters. The summed E-state index contributed by atoms with van der Waals surface area (Å²) in [5.41, 5.74) is 3.93. The van der Waals surface area contributed by atoms with E-state index in [0.717, 1.165) is 5.56 Å². The summed E-state index contributed by atoms with van der Waals surface area (Å²) in [5, 5.41) is 12.4. The molecule has 0 unspecified atom stereocenters. The Bertz CT molecular complexity index is 582. The molecule has 0 radical (unpaired) electrons. The number of pyridine rings is 1. The maximum Gasteiger partial charge on any atom is 0.144 e. The molecule has 0 aliphatic heterocycles. The zero-order valence-corrected chi connectivity index (χ0v) is 11.2. The monoisotopic (exact) mass is 251 g/mol. The Kier molecular flexibility index (Phi) is 4.27. The number of benzene rings is 1. The molecule has 19 heavy (non-hydrogen) atoms. The molecule has 3 heteroatoms. The third kappa shape index (κ3) is 3.40. The lowest BCUT2D eigenvalue weighted by Gasteiger charge is -2.14. The molecule has 1 N–H and O–H groups in total. The minimum atomic E-state index is 0.243. The Labute approximate surface area is 113 Å². The molecule has 0 aliphatic rings. The lowest BCUT2D eigenvalue weighted by Crippen LogP contribution is -2.18. The van der Waals surface area contributed by atoms with Gasteiger partial charge in [-0.15, -0.1) is 0 Å². The van der Waals surface area contributed by atoms with E-state index < -0.39 is 0 Å². The molecule has 1 aromatic carbocycles. The van der Waals surface area contributed by atoms with Crippen LogP contribution in [0.4, 0.5) is 0 Å². The lowest BCUT2D eigenvalue weighted by molar-refractivity contribution is 0.573. The van der Waals surface area contributed by atoms with E-state index in [1.54, 1.807) is 6.20 Å². The van der Waals surface area contributed by atoms with E-state index in [0.29, 0.717) is 12.2 Å². The molecule has 0 saturated carbocycles. The topological polar surface area (TPSA) is 48.7 Å². The molecular weight excluding hydrogens is 234 g/mol. The van der Waals surface area contributed by atoms with Gasteiger partial charge in [0.2, 0.25) is 0 Å². The predicted octanol–water partition coefficient (Wildman–Crippen LogP) is 3.11. The first kappa shape index (κ1) is 13.3. The van der Waals surface area contributed by atoms with E-state index in [4.69, 9.17) is 5.26 Å². The molecule has 1 aromatic heterocycles. The van der Waals surface area contributed by atoms with Gasteiger partial charge in [-0.25, -0.2) is 4.98 Å². The molecule has 0 bridgehead atoms. The maximum absolute atomic E-state index is 8.99. The van der Waals surface area contributed by atoms with Gasteiger partial charge in [-0.05, 0) is 25.5 Å². The molecule has 0 spiro atoms. The summed E-state index contributed by atoms with van der Waals surface area (Å²) in [4.78, 5) is 4.06. The SMILES string of the molecule is Cc1ccc([C@H](C)NCc2cccnc2C#N)cc1. The van der Waals surface area contributed by atoms with Gasteiger partial charge >= 0.3 is 0 Å². The van der Waals surface area contributed by atoms with Crippen LogP contribution in [-0.4, -0.2) is 4.98 Å². The van der Waals surface area contributed by atoms with Crippen molar-refractivity contribution in [2.24, 2.45) is 0 Å². The highest BCUT2D eigenvalue weighted by Gasteiger charge is 2.07. The maximum atomic E-state index is 8.99. The quantitative estimate of drug-likeness (QED) is 0.908. The number of nitrogens with one attached hydrogen (secondary N) is 1. The van der Waals surface area contributed by atoms with E-state index in [1.165, 1.54) is 11.1 Å². The molecule has 0 fully saturated rings. The van der Waals surface area contributed by atoms with Gasteiger partial charge in [-0.3, -0.25) is 0 Å². The first-order valence-corrected chi connectivity index (χ1v) is 6.34. The number of hydrogen-bond acceptors (Lipinski definition) is 3. The van der Waals surface area contributed by atoms with Crippen LogP contribution in [0.25, 0.3) is 0 Å². The number of aromatic nitrogens is 1. The van der Waals surface area contributed by atoms with E-state index in [9.17, 15) is 0 Å². The summed E-state index contributed by atoms with van der Waals surface area (Å²) >= 11 is 0. The van der Waals surface area contributed by atoms with Gasteiger partial charge in [0.25, 0.3) is 0 Å². The van der Waals surface area contributed by atoms with Crippen molar-refractivity contribution in [2.75, 3.05) is 0 Å². The smallest absolute Gasteiger partial charge is 0.144 e. The highest BCUT2D eigenvalue weighted by Crippen LogP contribution is 2.14. The van der Waals surface area contributed by atoms with Crippen molar-refractivity contribution >= 4 is 0 Å². The third-order valence-corrected chi connectivity index (χ3v) is 3.17. The molecule has 0 aliphatic carbocycles. The van der Waals surface area contributed by atoms with Crippen molar-refractivity contribution in [1.82, 2.24) is 10.3 Å². The zero-order chi connectivity index (χ0) is 13.7. The van der Waals surface area contributed by atoms with Crippen LogP contribution in [0, 0.1) is 18.3 Å². The zero-order valence-electron chi connectivity index (χ0n) is 11.2. The standard InChI is InChI=1S/C16H17N3/c1-12-5-7-14(8-6-12)13(2)19-11-15-4-3-9-18-16(15)10-17/h3-9,13,19H,11H2,1-2H3/t13-/m0/s1. The van der Waals surface area contributed by atoms with E-state index >= 15 is 0 Å². The van der Waals surface area contributed by atoms with Gasteiger partial charge in [0.1, 0.15) is 11.8 Å².